The lowest BCUT2D eigenvalue weighted by Gasteiger charge is -2.08. The van der Waals surface area contributed by atoms with Crippen LogP contribution in [0.1, 0.15) is 12.8 Å². The minimum Gasteiger partial charge on any atom is -0.381 e. The Morgan fingerprint density at radius 3 is 2.92 bits per heavy atom. The second kappa shape index (κ2) is 5.43. The number of rotatable bonds is 5. The van der Waals surface area contributed by atoms with Gasteiger partial charge >= 0.3 is 0 Å². The summed E-state index contributed by atoms with van der Waals surface area (Å²) in [5.74, 6) is 0.530. The molecule has 0 aromatic rings. The summed E-state index contributed by atoms with van der Waals surface area (Å²) in [5.41, 5.74) is 0. The Bertz CT molecular complexity index is 116. The molecule has 0 radical (unpaired) electrons. The van der Waals surface area contributed by atoms with Gasteiger partial charge in [0.05, 0.1) is 13.2 Å². The predicted octanol–water partition coefficient (Wildman–Crippen LogP) is 1.27. The number of alkyl halides is 2. The lowest BCUT2D eigenvalue weighted by molar-refractivity contribution is 0.0537. The van der Waals surface area contributed by atoms with Crippen molar-refractivity contribution in [1.29, 1.82) is 0 Å². The van der Waals surface area contributed by atoms with Gasteiger partial charge in [-0.25, -0.2) is 8.78 Å². The van der Waals surface area contributed by atoms with Crippen molar-refractivity contribution in [2.45, 2.75) is 19.3 Å². The minimum atomic E-state index is -2.23. The van der Waals surface area contributed by atoms with Crippen LogP contribution in [0.15, 0.2) is 0 Å². The van der Waals surface area contributed by atoms with Crippen molar-refractivity contribution in [3.05, 3.63) is 0 Å². The highest BCUT2D eigenvalue weighted by atomic mass is 19.3. The van der Waals surface area contributed by atoms with E-state index in [4.69, 9.17) is 4.74 Å². The molecule has 0 saturated carbocycles. The molecule has 1 aliphatic rings. The van der Waals surface area contributed by atoms with Gasteiger partial charge in [0.25, 0.3) is 0 Å². The fraction of sp³-hybridized carbons (Fsp3) is 1.00. The highest BCUT2D eigenvalue weighted by Gasteiger charge is 2.14. The molecule has 1 heterocycles. The molecule has 1 unspecified atom stereocenters. The van der Waals surface area contributed by atoms with Crippen LogP contribution >= 0.6 is 0 Å². The molecule has 1 N–H and O–H groups in total. The third-order valence-corrected chi connectivity index (χ3v) is 2.00. The first-order valence-corrected chi connectivity index (χ1v) is 4.35. The van der Waals surface area contributed by atoms with E-state index in [2.05, 4.69) is 5.32 Å². The number of halogens is 2. The summed E-state index contributed by atoms with van der Waals surface area (Å²) in [4.78, 5) is 0. The summed E-state index contributed by atoms with van der Waals surface area (Å²) in [6.45, 7) is 2.81. The maximum atomic E-state index is 11.6. The molecule has 1 fully saturated rings. The van der Waals surface area contributed by atoms with Crippen molar-refractivity contribution >= 4 is 0 Å². The topological polar surface area (TPSA) is 21.3 Å². The molecule has 1 aliphatic heterocycles. The Morgan fingerprint density at radius 2 is 2.33 bits per heavy atom. The van der Waals surface area contributed by atoms with Gasteiger partial charge in [0.15, 0.2) is 0 Å². The van der Waals surface area contributed by atoms with E-state index in [1.54, 1.807) is 0 Å². The van der Waals surface area contributed by atoms with Crippen molar-refractivity contribution in [3.63, 3.8) is 0 Å². The van der Waals surface area contributed by atoms with Crippen molar-refractivity contribution in [3.8, 4) is 0 Å². The second-order valence-corrected chi connectivity index (χ2v) is 3.11. The minimum absolute atomic E-state index is 0.139. The van der Waals surface area contributed by atoms with Crippen LogP contribution in [0.4, 0.5) is 8.78 Å². The Hall–Kier alpha value is -0.220. The van der Waals surface area contributed by atoms with Crippen molar-refractivity contribution < 1.29 is 13.5 Å². The lowest BCUT2D eigenvalue weighted by Crippen LogP contribution is -2.14. The van der Waals surface area contributed by atoms with E-state index in [0.717, 1.165) is 19.5 Å². The fourth-order valence-electron chi connectivity index (χ4n) is 1.28. The molecular weight excluding hydrogens is 164 g/mol. The van der Waals surface area contributed by atoms with E-state index in [-0.39, 0.29) is 13.0 Å². The predicted molar refractivity (Wildman–Crippen MR) is 42.4 cm³/mol. The summed E-state index contributed by atoms with van der Waals surface area (Å²) in [6.07, 6.45) is -1.26. The Kier molecular flexibility index (Phi) is 4.46. The average Bonchev–Trinajstić information content (AvgIpc) is 2.49. The first-order valence-electron chi connectivity index (χ1n) is 4.35. The van der Waals surface area contributed by atoms with E-state index in [9.17, 15) is 8.78 Å². The molecule has 0 spiro atoms. The monoisotopic (exact) mass is 179 g/mol. The van der Waals surface area contributed by atoms with Crippen LogP contribution in [0.3, 0.4) is 0 Å². The molecule has 12 heavy (non-hydrogen) atoms. The van der Waals surface area contributed by atoms with Crippen LogP contribution < -0.4 is 5.32 Å². The molecule has 1 atom stereocenters. The van der Waals surface area contributed by atoms with E-state index < -0.39 is 6.43 Å². The third kappa shape index (κ3) is 3.97. The van der Waals surface area contributed by atoms with Crippen LogP contribution in [0.25, 0.3) is 0 Å². The van der Waals surface area contributed by atoms with Crippen LogP contribution in [-0.2, 0) is 4.74 Å². The van der Waals surface area contributed by atoms with Crippen LogP contribution in [0.5, 0.6) is 0 Å². The Morgan fingerprint density at radius 1 is 1.50 bits per heavy atom. The molecular formula is C8H15F2NO. The molecule has 0 aromatic carbocycles. The summed E-state index contributed by atoms with van der Waals surface area (Å²) in [6, 6.07) is 0. The molecule has 0 bridgehead atoms. The van der Waals surface area contributed by atoms with E-state index in [1.165, 1.54) is 0 Å². The molecule has 1 saturated heterocycles. The summed E-state index contributed by atoms with van der Waals surface area (Å²) < 4.78 is 28.4. The Balaban J connectivity index is 1.88. The van der Waals surface area contributed by atoms with Gasteiger partial charge in [-0.1, -0.05) is 0 Å². The van der Waals surface area contributed by atoms with E-state index in [1.807, 2.05) is 0 Å². The standard InChI is InChI=1S/C8H15F2NO/c9-8(10)2-4-12-6-7-1-3-11-5-7/h7-8,11H,1-6H2. The van der Waals surface area contributed by atoms with Crippen LogP contribution in [-0.4, -0.2) is 32.7 Å². The normalized spacial score (nSPS) is 23.8. The van der Waals surface area contributed by atoms with Crippen LogP contribution in [0, 0.1) is 5.92 Å². The van der Waals surface area contributed by atoms with Crippen molar-refractivity contribution in [1.82, 2.24) is 5.32 Å². The Labute approximate surface area is 71.3 Å². The first kappa shape index (κ1) is 9.86. The number of nitrogens with one attached hydrogen (secondary N) is 1. The van der Waals surface area contributed by atoms with Gasteiger partial charge in [-0.2, -0.15) is 0 Å². The maximum Gasteiger partial charge on any atom is 0.240 e. The average molecular weight is 179 g/mol. The van der Waals surface area contributed by atoms with Gasteiger partial charge in [-0.3, -0.25) is 0 Å². The summed E-state index contributed by atoms with van der Waals surface area (Å²) >= 11 is 0. The SMILES string of the molecule is FC(F)CCOCC1CCNC1. The van der Waals surface area contributed by atoms with Gasteiger partial charge in [-0.15, -0.1) is 0 Å². The molecule has 1 rings (SSSR count). The molecule has 2 nitrogen and oxygen atoms in total. The van der Waals surface area contributed by atoms with Crippen LogP contribution in [0.2, 0.25) is 0 Å². The zero-order valence-corrected chi connectivity index (χ0v) is 7.06. The van der Waals surface area contributed by atoms with E-state index in [0.29, 0.717) is 12.5 Å². The van der Waals surface area contributed by atoms with Gasteiger partial charge < -0.3 is 10.1 Å². The maximum absolute atomic E-state index is 11.6. The lowest BCUT2D eigenvalue weighted by atomic mass is 10.1. The molecule has 0 aliphatic carbocycles. The van der Waals surface area contributed by atoms with Crippen molar-refractivity contribution in [2.75, 3.05) is 26.3 Å². The van der Waals surface area contributed by atoms with Gasteiger partial charge in [0.2, 0.25) is 6.43 Å². The fourth-order valence-corrected chi connectivity index (χ4v) is 1.28. The van der Waals surface area contributed by atoms with Gasteiger partial charge in [0, 0.05) is 13.0 Å². The highest BCUT2D eigenvalue weighted by molar-refractivity contribution is 4.70. The van der Waals surface area contributed by atoms with Gasteiger partial charge in [-0.05, 0) is 18.9 Å². The molecule has 72 valence electrons. The van der Waals surface area contributed by atoms with Crippen molar-refractivity contribution in [2.24, 2.45) is 5.92 Å². The van der Waals surface area contributed by atoms with E-state index >= 15 is 0 Å². The number of hydrogen-bond acceptors (Lipinski definition) is 2. The zero-order chi connectivity index (χ0) is 8.81. The third-order valence-electron chi connectivity index (χ3n) is 2.00. The summed E-state index contributed by atoms with van der Waals surface area (Å²) in [7, 11) is 0. The number of ether oxygens (including phenoxy) is 1. The molecule has 4 heteroatoms. The second-order valence-electron chi connectivity index (χ2n) is 3.11. The summed E-state index contributed by atoms with van der Waals surface area (Å²) in [5, 5.41) is 3.19. The zero-order valence-electron chi connectivity index (χ0n) is 7.06. The number of hydrogen-bond donors (Lipinski definition) is 1. The molecule has 0 aromatic heterocycles. The molecule has 0 amide bonds. The quantitative estimate of drug-likeness (QED) is 0.642. The largest absolute Gasteiger partial charge is 0.381 e. The first-order chi connectivity index (χ1) is 5.79. The highest BCUT2D eigenvalue weighted by Crippen LogP contribution is 2.08. The smallest absolute Gasteiger partial charge is 0.240 e. The van der Waals surface area contributed by atoms with Gasteiger partial charge in [0.1, 0.15) is 0 Å².